The van der Waals surface area contributed by atoms with Crippen LogP contribution < -0.4 is 5.32 Å². The minimum Gasteiger partial charge on any atom is -0.481 e. The predicted octanol–water partition coefficient (Wildman–Crippen LogP) is 1.29. The summed E-state index contributed by atoms with van der Waals surface area (Å²) in [7, 11) is 0. The smallest absolute Gasteiger partial charge is 0.317 e. The lowest BCUT2D eigenvalue weighted by atomic mass is 10.1. The van der Waals surface area contributed by atoms with Crippen LogP contribution in [0.1, 0.15) is 32.1 Å². The van der Waals surface area contributed by atoms with Gasteiger partial charge in [0.25, 0.3) is 0 Å². The third kappa shape index (κ3) is 3.61. The van der Waals surface area contributed by atoms with Gasteiger partial charge in [-0.3, -0.25) is 4.79 Å². The standard InChI is InChI=1S/C12H20N2O3/c15-11(16)10-5-7-14(8-10)12(17)13-6-1-2-9-3-4-9/h9-10H,1-8H2,(H,13,17)(H,15,16). The number of carboxylic acids is 1. The van der Waals surface area contributed by atoms with Crippen molar-refractivity contribution in [2.75, 3.05) is 19.6 Å². The predicted molar refractivity (Wildman–Crippen MR) is 62.7 cm³/mol. The van der Waals surface area contributed by atoms with Gasteiger partial charge in [-0.2, -0.15) is 0 Å². The van der Waals surface area contributed by atoms with Gasteiger partial charge in [0, 0.05) is 19.6 Å². The fraction of sp³-hybridized carbons (Fsp3) is 0.833. The Labute approximate surface area is 101 Å². The molecule has 1 aliphatic carbocycles. The zero-order valence-corrected chi connectivity index (χ0v) is 10.0. The van der Waals surface area contributed by atoms with Crippen LogP contribution in [0.4, 0.5) is 4.79 Å². The number of amides is 2. The van der Waals surface area contributed by atoms with Crippen LogP contribution in [0.3, 0.4) is 0 Å². The first-order valence-electron chi connectivity index (χ1n) is 6.42. The van der Waals surface area contributed by atoms with E-state index in [4.69, 9.17) is 5.11 Å². The molecule has 2 amide bonds. The first kappa shape index (κ1) is 12.2. The molecule has 2 rings (SSSR count). The summed E-state index contributed by atoms with van der Waals surface area (Å²) in [4.78, 5) is 24.1. The Morgan fingerprint density at radius 2 is 2.06 bits per heavy atom. The molecule has 1 aliphatic heterocycles. The second kappa shape index (κ2) is 5.38. The van der Waals surface area contributed by atoms with Crippen LogP contribution in [-0.2, 0) is 4.79 Å². The third-order valence-corrected chi connectivity index (χ3v) is 3.59. The number of aliphatic carboxylic acids is 1. The van der Waals surface area contributed by atoms with Crippen molar-refractivity contribution >= 4 is 12.0 Å². The summed E-state index contributed by atoms with van der Waals surface area (Å²) in [5.74, 6) is -0.281. The molecular formula is C12H20N2O3. The Hall–Kier alpha value is -1.26. The van der Waals surface area contributed by atoms with Crippen molar-refractivity contribution in [1.82, 2.24) is 10.2 Å². The zero-order chi connectivity index (χ0) is 12.3. The van der Waals surface area contributed by atoms with Gasteiger partial charge in [-0.1, -0.05) is 12.8 Å². The summed E-state index contributed by atoms with van der Waals surface area (Å²) >= 11 is 0. The number of nitrogens with zero attached hydrogens (tertiary/aromatic N) is 1. The number of carboxylic acid groups (broad SMARTS) is 1. The molecule has 1 heterocycles. The van der Waals surface area contributed by atoms with E-state index in [1.807, 2.05) is 0 Å². The maximum Gasteiger partial charge on any atom is 0.317 e. The van der Waals surface area contributed by atoms with E-state index in [9.17, 15) is 9.59 Å². The molecule has 17 heavy (non-hydrogen) atoms. The molecule has 0 aromatic carbocycles. The van der Waals surface area contributed by atoms with Gasteiger partial charge in [0.05, 0.1) is 5.92 Å². The van der Waals surface area contributed by atoms with Crippen LogP contribution in [0.15, 0.2) is 0 Å². The van der Waals surface area contributed by atoms with Gasteiger partial charge in [-0.25, -0.2) is 4.79 Å². The van der Waals surface area contributed by atoms with E-state index in [0.29, 0.717) is 26.1 Å². The number of urea groups is 1. The number of hydrogen-bond acceptors (Lipinski definition) is 2. The normalized spacial score (nSPS) is 23.8. The maximum atomic E-state index is 11.7. The fourth-order valence-electron chi connectivity index (χ4n) is 2.25. The van der Waals surface area contributed by atoms with E-state index in [1.165, 1.54) is 19.3 Å². The highest BCUT2D eigenvalue weighted by atomic mass is 16.4. The highest BCUT2D eigenvalue weighted by Gasteiger charge is 2.30. The third-order valence-electron chi connectivity index (χ3n) is 3.59. The van der Waals surface area contributed by atoms with Crippen LogP contribution in [0.25, 0.3) is 0 Å². The molecule has 1 saturated heterocycles. The lowest BCUT2D eigenvalue weighted by molar-refractivity contribution is -0.141. The average molecular weight is 240 g/mol. The molecule has 1 saturated carbocycles. The Morgan fingerprint density at radius 1 is 1.29 bits per heavy atom. The van der Waals surface area contributed by atoms with Crippen LogP contribution in [-0.4, -0.2) is 41.6 Å². The number of carbonyl (C=O) groups excluding carboxylic acids is 1. The van der Waals surface area contributed by atoms with Crippen LogP contribution in [0.2, 0.25) is 0 Å². The molecule has 1 unspecified atom stereocenters. The Bertz CT molecular complexity index is 302. The number of likely N-dealkylation sites (tertiary alicyclic amines) is 1. The molecule has 2 N–H and O–H groups in total. The summed E-state index contributed by atoms with van der Waals surface area (Å²) in [6.45, 7) is 1.62. The van der Waals surface area contributed by atoms with Crippen LogP contribution in [0.5, 0.6) is 0 Å². The summed E-state index contributed by atoms with van der Waals surface area (Å²) < 4.78 is 0. The Morgan fingerprint density at radius 3 is 2.65 bits per heavy atom. The Balaban J connectivity index is 1.60. The highest BCUT2D eigenvalue weighted by Crippen LogP contribution is 2.33. The molecular weight excluding hydrogens is 220 g/mol. The SMILES string of the molecule is O=C(O)C1CCN(C(=O)NCCCC2CC2)C1. The van der Waals surface area contributed by atoms with Crippen LogP contribution in [0, 0.1) is 11.8 Å². The second-order valence-electron chi connectivity index (χ2n) is 5.09. The summed E-state index contributed by atoms with van der Waals surface area (Å²) in [5, 5.41) is 11.7. The summed E-state index contributed by atoms with van der Waals surface area (Å²) in [5.41, 5.74) is 0. The number of carbonyl (C=O) groups is 2. The number of rotatable bonds is 5. The lowest BCUT2D eigenvalue weighted by Crippen LogP contribution is -2.39. The molecule has 96 valence electrons. The van der Waals surface area contributed by atoms with Crippen molar-refractivity contribution in [3.05, 3.63) is 0 Å². The van der Waals surface area contributed by atoms with E-state index in [-0.39, 0.29) is 11.9 Å². The van der Waals surface area contributed by atoms with E-state index < -0.39 is 5.97 Å². The minimum atomic E-state index is -0.797. The van der Waals surface area contributed by atoms with Gasteiger partial charge in [-0.15, -0.1) is 0 Å². The average Bonchev–Trinajstić information content (AvgIpc) is 2.97. The van der Waals surface area contributed by atoms with Gasteiger partial charge in [-0.05, 0) is 25.2 Å². The van der Waals surface area contributed by atoms with E-state index in [2.05, 4.69) is 5.32 Å². The van der Waals surface area contributed by atoms with Crippen molar-refractivity contribution in [3.63, 3.8) is 0 Å². The van der Waals surface area contributed by atoms with Crippen molar-refractivity contribution in [3.8, 4) is 0 Å². The minimum absolute atomic E-state index is 0.107. The van der Waals surface area contributed by atoms with Crippen molar-refractivity contribution in [2.45, 2.75) is 32.1 Å². The molecule has 5 nitrogen and oxygen atoms in total. The number of hydrogen-bond donors (Lipinski definition) is 2. The monoisotopic (exact) mass is 240 g/mol. The van der Waals surface area contributed by atoms with Crippen LogP contribution >= 0.6 is 0 Å². The molecule has 0 aromatic heterocycles. The maximum absolute atomic E-state index is 11.7. The van der Waals surface area contributed by atoms with Gasteiger partial charge >= 0.3 is 12.0 Å². The largest absolute Gasteiger partial charge is 0.481 e. The van der Waals surface area contributed by atoms with Crippen molar-refractivity contribution < 1.29 is 14.7 Å². The quantitative estimate of drug-likeness (QED) is 0.711. The van der Waals surface area contributed by atoms with Gasteiger partial charge in [0.1, 0.15) is 0 Å². The van der Waals surface area contributed by atoms with Gasteiger partial charge < -0.3 is 15.3 Å². The fourth-order valence-corrected chi connectivity index (χ4v) is 2.25. The molecule has 0 aromatic rings. The number of nitrogens with one attached hydrogen (secondary N) is 1. The van der Waals surface area contributed by atoms with Gasteiger partial charge in [0.2, 0.25) is 0 Å². The van der Waals surface area contributed by atoms with E-state index >= 15 is 0 Å². The van der Waals surface area contributed by atoms with Crippen molar-refractivity contribution in [1.29, 1.82) is 0 Å². The first-order chi connectivity index (χ1) is 8.16. The van der Waals surface area contributed by atoms with E-state index in [1.54, 1.807) is 4.90 Å². The first-order valence-corrected chi connectivity index (χ1v) is 6.42. The molecule has 5 heteroatoms. The second-order valence-corrected chi connectivity index (χ2v) is 5.09. The molecule has 2 fully saturated rings. The van der Waals surface area contributed by atoms with Crippen molar-refractivity contribution in [2.24, 2.45) is 11.8 Å². The molecule has 2 aliphatic rings. The molecule has 0 spiro atoms. The summed E-state index contributed by atoms with van der Waals surface area (Å²) in [6, 6.07) is -0.107. The zero-order valence-electron chi connectivity index (χ0n) is 10.0. The van der Waals surface area contributed by atoms with Gasteiger partial charge in [0.15, 0.2) is 0 Å². The highest BCUT2D eigenvalue weighted by molar-refractivity contribution is 5.77. The molecule has 1 atom stereocenters. The molecule has 0 radical (unpaired) electrons. The van der Waals surface area contributed by atoms with E-state index in [0.717, 1.165) is 12.3 Å². The lowest BCUT2D eigenvalue weighted by Gasteiger charge is -2.16. The Kier molecular flexibility index (Phi) is 3.86. The summed E-state index contributed by atoms with van der Waals surface area (Å²) in [6.07, 6.45) is 5.51. The molecule has 0 bridgehead atoms. The topological polar surface area (TPSA) is 69.6 Å².